The summed E-state index contributed by atoms with van der Waals surface area (Å²) in [6, 6.07) is 1.87. The molecule has 0 radical (unpaired) electrons. The van der Waals surface area contributed by atoms with Gasteiger partial charge in [-0.25, -0.2) is 0 Å². The van der Waals surface area contributed by atoms with Gasteiger partial charge in [-0.3, -0.25) is 0 Å². The Morgan fingerprint density at radius 1 is 1.50 bits per heavy atom. The molecule has 4 unspecified atom stereocenters. The van der Waals surface area contributed by atoms with E-state index < -0.39 is 6.10 Å². The highest BCUT2D eigenvalue weighted by Crippen LogP contribution is 2.56. The minimum Gasteiger partial charge on any atom is -0.378 e. The van der Waals surface area contributed by atoms with Crippen molar-refractivity contribution in [2.75, 3.05) is 0 Å². The summed E-state index contributed by atoms with van der Waals surface area (Å²) in [6.07, 6.45) is 5.20. The van der Waals surface area contributed by atoms with E-state index in [0.29, 0.717) is 6.42 Å². The fourth-order valence-electron chi connectivity index (χ4n) is 2.62. The van der Waals surface area contributed by atoms with Gasteiger partial charge in [-0.1, -0.05) is 0 Å². The molecule has 0 heterocycles. The van der Waals surface area contributed by atoms with Crippen LogP contribution in [0.25, 0.3) is 0 Å². The van der Waals surface area contributed by atoms with E-state index in [1.165, 1.54) is 19.3 Å². The fourth-order valence-corrected chi connectivity index (χ4v) is 2.62. The summed E-state index contributed by atoms with van der Waals surface area (Å²) in [7, 11) is 0. The lowest BCUT2D eigenvalue weighted by molar-refractivity contribution is 0.204. The summed E-state index contributed by atoms with van der Waals surface area (Å²) < 4.78 is 0. The number of hydrogen-bond acceptors (Lipinski definition) is 2. The van der Waals surface area contributed by atoms with Gasteiger partial charge in [0.15, 0.2) is 0 Å². The quantitative estimate of drug-likeness (QED) is 0.647. The lowest BCUT2D eigenvalue weighted by Gasteiger charge is -2.10. The molecule has 0 aromatic heterocycles. The molecule has 2 aliphatic carbocycles. The molecular weight excluding hydrogens is 150 g/mol. The molecule has 0 saturated heterocycles. The minimum absolute atomic E-state index is 0.685. The maximum atomic E-state index is 9.06. The van der Waals surface area contributed by atoms with Crippen LogP contribution in [-0.2, 0) is 0 Å². The van der Waals surface area contributed by atoms with Gasteiger partial charge in [0.05, 0.1) is 6.07 Å². The Hall–Kier alpha value is -0.550. The van der Waals surface area contributed by atoms with Crippen LogP contribution >= 0.6 is 0 Å². The Morgan fingerprint density at radius 3 is 2.83 bits per heavy atom. The van der Waals surface area contributed by atoms with Gasteiger partial charge in [0.1, 0.15) is 6.10 Å². The normalized spacial score (nSPS) is 40.2. The third kappa shape index (κ3) is 1.47. The van der Waals surface area contributed by atoms with E-state index in [-0.39, 0.29) is 0 Å². The molecule has 2 saturated carbocycles. The Kier molecular flexibility index (Phi) is 2.06. The van der Waals surface area contributed by atoms with Gasteiger partial charge < -0.3 is 5.11 Å². The van der Waals surface area contributed by atoms with E-state index in [2.05, 4.69) is 0 Å². The largest absolute Gasteiger partial charge is 0.378 e. The van der Waals surface area contributed by atoms with Crippen molar-refractivity contribution in [2.24, 2.45) is 17.8 Å². The number of nitrogens with zero attached hydrogens (tertiary/aromatic N) is 1. The smallest absolute Gasteiger partial charge is 0.140 e. The monoisotopic (exact) mass is 165 g/mol. The Balaban J connectivity index is 1.70. The van der Waals surface area contributed by atoms with Crippen molar-refractivity contribution in [3.05, 3.63) is 0 Å². The van der Waals surface area contributed by atoms with Crippen LogP contribution in [0.2, 0.25) is 0 Å². The number of rotatable bonds is 3. The predicted octanol–water partition coefficient (Wildman–Crippen LogP) is 1.70. The molecule has 0 amide bonds. The zero-order valence-electron chi connectivity index (χ0n) is 7.24. The predicted molar refractivity (Wildman–Crippen MR) is 45.2 cm³/mol. The zero-order valence-corrected chi connectivity index (χ0v) is 7.24. The van der Waals surface area contributed by atoms with E-state index in [0.717, 1.165) is 24.2 Å². The van der Waals surface area contributed by atoms with Crippen molar-refractivity contribution in [1.82, 2.24) is 0 Å². The molecule has 0 spiro atoms. The third-order valence-corrected chi connectivity index (χ3v) is 3.45. The highest BCUT2D eigenvalue weighted by Gasteiger charge is 2.47. The number of nitriles is 1. The summed E-state index contributed by atoms with van der Waals surface area (Å²) in [5.74, 6) is 2.82. The average molecular weight is 165 g/mol. The van der Waals surface area contributed by atoms with Crippen molar-refractivity contribution in [3.63, 3.8) is 0 Å². The molecule has 4 atom stereocenters. The van der Waals surface area contributed by atoms with Crippen LogP contribution in [0.1, 0.15) is 32.1 Å². The summed E-state index contributed by atoms with van der Waals surface area (Å²) in [5, 5.41) is 17.4. The maximum Gasteiger partial charge on any atom is 0.140 e. The van der Waals surface area contributed by atoms with E-state index in [1.54, 1.807) is 0 Å². The van der Waals surface area contributed by atoms with Crippen LogP contribution in [0.3, 0.4) is 0 Å². The first-order chi connectivity index (χ1) is 5.81. The van der Waals surface area contributed by atoms with Gasteiger partial charge in [-0.05, 0) is 49.9 Å². The Morgan fingerprint density at radius 2 is 2.33 bits per heavy atom. The molecule has 1 N–H and O–H groups in total. The van der Waals surface area contributed by atoms with Gasteiger partial charge in [0.2, 0.25) is 0 Å². The first-order valence-electron chi connectivity index (χ1n) is 4.89. The fraction of sp³-hybridized carbons (Fsp3) is 0.900. The number of aliphatic hydroxyl groups excluding tert-OH is 1. The lowest BCUT2D eigenvalue weighted by atomic mass is 9.96. The summed E-state index contributed by atoms with van der Waals surface area (Å²) >= 11 is 0. The molecule has 2 rings (SSSR count). The number of hydrogen-bond donors (Lipinski definition) is 1. The van der Waals surface area contributed by atoms with E-state index in [4.69, 9.17) is 10.4 Å². The number of fused-ring (bicyclic) bond motifs is 1. The standard InChI is InChI=1S/C10H15NO/c11-6-9(12)4-3-7-1-2-8-5-10(7)8/h7-10,12H,1-5H2. The summed E-state index contributed by atoms with van der Waals surface area (Å²) in [5.41, 5.74) is 0. The average Bonchev–Trinajstić information content (AvgIpc) is 2.77. The van der Waals surface area contributed by atoms with Gasteiger partial charge in [-0.15, -0.1) is 0 Å². The van der Waals surface area contributed by atoms with Gasteiger partial charge in [0, 0.05) is 0 Å². The minimum atomic E-state index is -0.720. The van der Waals surface area contributed by atoms with Crippen LogP contribution < -0.4 is 0 Å². The van der Waals surface area contributed by atoms with E-state index in [9.17, 15) is 0 Å². The maximum absolute atomic E-state index is 9.06. The highest BCUT2D eigenvalue weighted by molar-refractivity contribution is 4.98. The van der Waals surface area contributed by atoms with Crippen molar-refractivity contribution < 1.29 is 5.11 Å². The summed E-state index contributed by atoms with van der Waals surface area (Å²) in [6.45, 7) is 0. The lowest BCUT2D eigenvalue weighted by Crippen LogP contribution is -2.07. The highest BCUT2D eigenvalue weighted by atomic mass is 16.3. The number of aliphatic hydroxyl groups is 1. The molecule has 66 valence electrons. The molecule has 0 aromatic carbocycles. The molecule has 0 bridgehead atoms. The van der Waals surface area contributed by atoms with E-state index in [1.807, 2.05) is 6.07 Å². The van der Waals surface area contributed by atoms with Crippen LogP contribution in [0, 0.1) is 29.1 Å². The molecular formula is C10H15NO. The molecule has 2 nitrogen and oxygen atoms in total. The molecule has 2 heteroatoms. The van der Waals surface area contributed by atoms with Crippen molar-refractivity contribution in [1.29, 1.82) is 5.26 Å². The second-order valence-electron chi connectivity index (χ2n) is 4.22. The summed E-state index contributed by atoms with van der Waals surface area (Å²) in [4.78, 5) is 0. The first-order valence-corrected chi connectivity index (χ1v) is 4.89. The van der Waals surface area contributed by atoms with Crippen molar-refractivity contribution >= 4 is 0 Å². The van der Waals surface area contributed by atoms with Crippen LogP contribution in [0.4, 0.5) is 0 Å². The van der Waals surface area contributed by atoms with E-state index >= 15 is 0 Å². The third-order valence-electron chi connectivity index (χ3n) is 3.45. The molecule has 0 aromatic rings. The Bertz CT molecular complexity index is 208. The molecule has 2 fully saturated rings. The first kappa shape index (κ1) is 8.07. The molecule has 12 heavy (non-hydrogen) atoms. The molecule has 0 aliphatic heterocycles. The van der Waals surface area contributed by atoms with Gasteiger partial charge in [-0.2, -0.15) is 5.26 Å². The zero-order chi connectivity index (χ0) is 8.55. The van der Waals surface area contributed by atoms with Crippen LogP contribution in [0.15, 0.2) is 0 Å². The van der Waals surface area contributed by atoms with Crippen molar-refractivity contribution in [3.8, 4) is 6.07 Å². The second-order valence-corrected chi connectivity index (χ2v) is 4.22. The SMILES string of the molecule is N#CC(O)CCC1CCC2CC12. The van der Waals surface area contributed by atoms with Crippen molar-refractivity contribution in [2.45, 2.75) is 38.2 Å². The molecule has 2 aliphatic rings. The van der Waals surface area contributed by atoms with Gasteiger partial charge in [0.25, 0.3) is 0 Å². The van der Waals surface area contributed by atoms with Crippen LogP contribution in [-0.4, -0.2) is 11.2 Å². The second kappa shape index (κ2) is 3.06. The van der Waals surface area contributed by atoms with Crippen LogP contribution in [0.5, 0.6) is 0 Å². The topological polar surface area (TPSA) is 44.0 Å². The Labute approximate surface area is 73.2 Å². The van der Waals surface area contributed by atoms with Gasteiger partial charge >= 0.3 is 0 Å².